The maximum atomic E-state index is 12.4. The summed E-state index contributed by atoms with van der Waals surface area (Å²) >= 11 is 5.83. The van der Waals surface area contributed by atoms with E-state index in [0.29, 0.717) is 17.0 Å². The van der Waals surface area contributed by atoms with Crippen molar-refractivity contribution in [3.05, 3.63) is 23.8 Å². The lowest BCUT2D eigenvalue weighted by Crippen LogP contribution is -2.51. The van der Waals surface area contributed by atoms with E-state index < -0.39 is 23.5 Å². The van der Waals surface area contributed by atoms with E-state index in [-0.39, 0.29) is 11.7 Å². The van der Waals surface area contributed by atoms with E-state index in [1.165, 1.54) is 18.1 Å². The standard InChI is InChI=1S/C16H18ClNO5/c1-8(17)14(19)11-5-6-13-12(7-11)18(9(2)16(21)22-4)15(20)10(3)23-13/h5-10H,1-4H3. The molecule has 1 aromatic carbocycles. The Kier molecular flexibility index (Phi) is 4.94. The third-order valence-electron chi connectivity index (χ3n) is 3.68. The van der Waals surface area contributed by atoms with Crippen LogP contribution < -0.4 is 9.64 Å². The molecule has 124 valence electrons. The fourth-order valence-electron chi connectivity index (χ4n) is 2.42. The first kappa shape index (κ1) is 17.3. The molecule has 0 bridgehead atoms. The van der Waals surface area contributed by atoms with E-state index in [9.17, 15) is 14.4 Å². The molecule has 0 radical (unpaired) electrons. The van der Waals surface area contributed by atoms with Gasteiger partial charge >= 0.3 is 5.97 Å². The zero-order chi connectivity index (χ0) is 17.3. The Morgan fingerprint density at radius 2 is 2.00 bits per heavy atom. The smallest absolute Gasteiger partial charge is 0.328 e. The van der Waals surface area contributed by atoms with Crippen molar-refractivity contribution in [3.8, 4) is 5.75 Å². The number of amides is 1. The van der Waals surface area contributed by atoms with E-state index in [2.05, 4.69) is 0 Å². The van der Waals surface area contributed by atoms with Crippen molar-refractivity contribution in [1.29, 1.82) is 0 Å². The van der Waals surface area contributed by atoms with Gasteiger partial charge < -0.3 is 9.47 Å². The Morgan fingerprint density at radius 1 is 1.35 bits per heavy atom. The second-order valence-corrected chi connectivity index (χ2v) is 5.98. The number of ether oxygens (including phenoxy) is 2. The van der Waals surface area contributed by atoms with E-state index in [1.807, 2.05) is 0 Å². The first-order chi connectivity index (χ1) is 10.8. The van der Waals surface area contributed by atoms with Gasteiger partial charge in [-0.25, -0.2) is 4.79 Å². The number of ketones is 1. The van der Waals surface area contributed by atoms with Crippen LogP contribution in [0.15, 0.2) is 18.2 Å². The van der Waals surface area contributed by atoms with Crippen LogP contribution in [0.4, 0.5) is 5.69 Å². The Hall–Kier alpha value is -2.08. The molecule has 1 aliphatic rings. The zero-order valence-corrected chi connectivity index (χ0v) is 14.1. The van der Waals surface area contributed by atoms with Gasteiger partial charge in [-0.2, -0.15) is 0 Å². The van der Waals surface area contributed by atoms with Crippen molar-refractivity contribution in [2.45, 2.75) is 38.3 Å². The van der Waals surface area contributed by atoms with E-state index >= 15 is 0 Å². The summed E-state index contributed by atoms with van der Waals surface area (Å²) in [5, 5.41) is -0.696. The largest absolute Gasteiger partial charge is 0.479 e. The summed E-state index contributed by atoms with van der Waals surface area (Å²) < 4.78 is 10.3. The average molecular weight is 340 g/mol. The summed E-state index contributed by atoms with van der Waals surface area (Å²) in [7, 11) is 1.25. The van der Waals surface area contributed by atoms with Gasteiger partial charge in [-0.1, -0.05) is 0 Å². The van der Waals surface area contributed by atoms with Gasteiger partial charge in [-0.05, 0) is 39.0 Å². The molecule has 1 heterocycles. The van der Waals surface area contributed by atoms with Gasteiger partial charge in [0.25, 0.3) is 5.91 Å². The van der Waals surface area contributed by atoms with Crippen molar-refractivity contribution >= 4 is 34.9 Å². The molecule has 1 aromatic rings. The second kappa shape index (κ2) is 6.58. The van der Waals surface area contributed by atoms with Crippen molar-refractivity contribution in [2.24, 2.45) is 0 Å². The SMILES string of the molecule is COC(=O)C(C)N1C(=O)C(C)Oc2ccc(C(=O)C(C)Cl)cc21. The number of fused-ring (bicyclic) bond motifs is 1. The molecule has 7 heteroatoms. The summed E-state index contributed by atoms with van der Waals surface area (Å²) in [5.74, 6) is -0.780. The Balaban J connectivity index is 2.53. The number of halogens is 1. The van der Waals surface area contributed by atoms with Gasteiger partial charge in [0.1, 0.15) is 11.8 Å². The van der Waals surface area contributed by atoms with Gasteiger partial charge in [-0.3, -0.25) is 14.5 Å². The van der Waals surface area contributed by atoms with Crippen LogP contribution in [0.1, 0.15) is 31.1 Å². The number of methoxy groups -OCH3 is 1. The molecule has 0 saturated carbocycles. The third kappa shape index (κ3) is 3.17. The third-order valence-corrected chi connectivity index (χ3v) is 3.88. The van der Waals surface area contributed by atoms with E-state index in [1.54, 1.807) is 32.9 Å². The minimum Gasteiger partial charge on any atom is -0.479 e. The molecule has 0 aromatic heterocycles. The van der Waals surface area contributed by atoms with Crippen LogP contribution in [0.5, 0.6) is 5.75 Å². The fraction of sp³-hybridized carbons (Fsp3) is 0.438. The van der Waals surface area contributed by atoms with E-state index in [4.69, 9.17) is 21.1 Å². The lowest BCUT2D eigenvalue weighted by Gasteiger charge is -2.35. The van der Waals surface area contributed by atoms with Crippen LogP contribution >= 0.6 is 11.6 Å². The Morgan fingerprint density at radius 3 is 2.57 bits per heavy atom. The second-order valence-electron chi connectivity index (χ2n) is 5.33. The molecule has 0 N–H and O–H groups in total. The van der Waals surface area contributed by atoms with Gasteiger partial charge in [0.05, 0.1) is 18.2 Å². The number of esters is 1. The Bertz CT molecular complexity index is 658. The maximum absolute atomic E-state index is 12.4. The van der Waals surface area contributed by atoms with Crippen LogP contribution in [0.25, 0.3) is 0 Å². The van der Waals surface area contributed by atoms with E-state index in [0.717, 1.165) is 0 Å². The number of nitrogens with zero attached hydrogens (tertiary/aromatic N) is 1. The van der Waals surface area contributed by atoms with Crippen LogP contribution in [-0.2, 0) is 14.3 Å². The monoisotopic (exact) mass is 339 g/mol. The molecule has 23 heavy (non-hydrogen) atoms. The molecule has 0 fully saturated rings. The van der Waals surface area contributed by atoms with Crippen LogP contribution in [0.2, 0.25) is 0 Å². The molecule has 1 aliphatic heterocycles. The van der Waals surface area contributed by atoms with Gasteiger partial charge in [0.2, 0.25) is 0 Å². The molecule has 3 unspecified atom stereocenters. The number of carbonyl (C=O) groups is 3. The number of hydrogen-bond acceptors (Lipinski definition) is 5. The summed E-state index contributed by atoms with van der Waals surface area (Å²) in [4.78, 5) is 37.7. The highest BCUT2D eigenvalue weighted by atomic mass is 35.5. The molecule has 6 nitrogen and oxygen atoms in total. The summed E-state index contributed by atoms with van der Waals surface area (Å²) in [6.07, 6.45) is -0.733. The highest BCUT2D eigenvalue weighted by Crippen LogP contribution is 2.36. The van der Waals surface area contributed by atoms with Crippen molar-refractivity contribution in [3.63, 3.8) is 0 Å². The molecule has 1 amide bonds. The molecule has 0 aliphatic carbocycles. The minimum atomic E-state index is -0.837. The number of carbonyl (C=O) groups excluding carboxylic acids is 3. The van der Waals surface area contributed by atoms with Crippen molar-refractivity contribution in [1.82, 2.24) is 0 Å². The summed E-state index contributed by atoms with van der Waals surface area (Å²) in [6.45, 7) is 4.73. The van der Waals surface area contributed by atoms with Crippen LogP contribution in [-0.4, -0.2) is 42.3 Å². The molecule has 3 atom stereocenters. The lowest BCUT2D eigenvalue weighted by atomic mass is 10.0. The fourth-order valence-corrected chi connectivity index (χ4v) is 2.55. The lowest BCUT2D eigenvalue weighted by molar-refractivity contribution is -0.143. The quantitative estimate of drug-likeness (QED) is 0.477. The maximum Gasteiger partial charge on any atom is 0.328 e. The molecular weight excluding hydrogens is 322 g/mol. The van der Waals surface area contributed by atoms with Gasteiger partial charge in [-0.15, -0.1) is 11.6 Å². The first-order valence-electron chi connectivity index (χ1n) is 7.17. The highest BCUT2D eigenvalue weighted by Gasteiger charge is 2.38. The first-order valence-corrected chi connectivity index (χ1v) is 7.61. The van der Waals surface area contributed by atoms with Crippen molar-refractivity contribution < 1.29 is 23.9 Å². The number of alkyl halides is 1. The predicted octanol–water partition coefficient (Wildman–Crippen LogP) is 2.17. The number of rotatable bonds is 4. The number of benzene rings is 1. The number of Topliss-reactive ketones (excluding diaryl/α,β-unsaturated/α-hetero) is 1. The average Bonchev–Trinajstić information content (AvgIpc) is 2.53. The zero-order valence-electron chi connectivity index (χ0n) is 13.3. The molecular formula is C16H18ClNO5. The van der Waals surface area contributed by atoms with Crippen LogP contribution in [0, 0.1) is 0 Å². The van der Waals surface area contributed by atoms with Crippen molar-refractivity contribution in [2.75, 3.05) is 12.0 Å². The van der Waals surface area contributed by atoms with Crippen LogP contribution in [0.3, 0.4) is 0 Å². The molecule has 0 saturated heterocycles. The topological polar surface area (TPSA) is 72.9 Å². The summed E-state index contributed by atoms with van der Waals surface area (Å²) in [5.41, 5.74) is 0.702. The number of hydrogen-bond donors (Lipinski definition) is 0. The Labute approximate surface area is 139 Å². The molecule has 0 spiro atoms. The van der Waals surface area contributed by atoms with Gasteiger partial charge in [0.15, 0.2) is 11.9 Å². The predicted molar refractivity (Wildman–Crippen MR) is 85.1 cm³/mol. The highest BCUT2D eigenvalue weighted by molar-refractivity contribution is 6.33. The van der Waals surface area contributed by atoms with Gasteiger partial charge in [0, 0.05) is 5.56 Å². The summed E-state index contributed by atoms with van der Waals surface area (Å²) in [6, 6.07) is 3.86. The molecule has 2 rings (SSSR count). The normalized spacial score (nSPS) is 19.4. The number of anilines is 1. The minimum absolute atomic E-state index is 0.272.